The van der Waals surface area contributed by atoms with E-state index in [0.29, 0.717) is 11.8 Å². The van der Waals surface area contributed by atoms with Gasteiger partial charge in [0.05, 0.1) is 5.92 Å². The number of amides is 1. The average molecular weight is 239 g/mol. The summed E-state index contributed by atoms with van der Waals surface area (Å²) in [6, 6.07) is 0.203. The highest BCUT2D eigenvalue weighted by atomic mass is 16.2. The van der Waals surface area contributed by atoms with E-state index < -0.39 is 0 Å². The lowest BCUT2D eigenvalue weighted by molar-refractivity contribution is -0.140. The van der Waals surface area contributed by atoms with Crippen LogP contribution >= 0.6 is 0 Å². The topological polar surface area (TPSA) is 49.6 Å². The summed E-state index contributed by atoms with van der Waals surface area (Å²) in [4.78, 5) is 16.6. The molecule has 4 nitrogen and oxygen atoms in total. The molecule has 2 atom stereocenters. The molecule has 0 aromatic carbocycles. The summed E-state index contributed by atoms with van der Waals surface area (Å²) in [6.45, 7) is 12.3. The molecule has 2 heterocycles. The third-order valence-electron chi connectivity index (χ3n) is 4.10. The Bertz CT molecular complexity index is 304. The number of nitrogens with two attached hydrogens (primary N) is 1. The Morgan fingerprint density at radius 3 is 2.18 bits per heavy atom. The van der Waals surface area contributed by atoms with Crippen molar-refractivity contribution in [2.24, 2.45) is 17.6 Å². The summed E-state index contributed by atoms with van der Waals surface area (Å²) in [6.07, 6.45) is 0. The number of hydrogen-bond acceptors (Lipinski definition) is 3. The van der Waals surface area contributed by atoms with Crippen molar-refractivity contribution in [1.29, 1.82) is 0 Å². The Morgan fingerprint density at radius 2 is 1.76 bits per heavy atom. The average Bonchev–Trinajstić information content (AvgIpc) is 2.54. The number of carbonyl (C=O) groups excluding carboxylic acids is 1. The van der Waals surface area contributed by atoms with Gasteiger partial charge in [0, 0.05) is 37.8 Å². The van der Waals surface area contributed by atoms with Crippen molar-refractivity contribution in [3.63, 3.8) is 0 Å². The molecule has 0 spiro atoms. The highest BCUT2D eigenvalue weighted by molar-refractivity contribution is 5.80. The first-order valence-electron chi connectivity index (χ1n) is 6.58. The first kappa shape index (κ1) is 12.8. The summed E-state index contributed by atoms with van der Waals surface area (Å²) in [5.74, 6) is 0.936. The highest BCUT2D eigenvalue weighted by Gasteiger charge is 2.42. The van der Waals surface area contributed by atoms with Crippen LogP contribution in [0.5, 0.6) is 0 Å². The molecular weight excluding hydrogens is 214 g/mol. The van der Waals surface area contributed by atoms with Gasteiger partial charge in [-0.05, 0) is 26.7 Å². The fourth-order valence-electron chi connectivity index (χ4n) is 2.76. The third kappa shape index (κ3) is 2.47. The lowest BCUT2D eigenvalue weighted by Crippen LogP contribution is -2.59. The molecule has 0 unspecified atom stereocenters. The van der Waals surface area contributed by atoms with Crippen LogP contribution in [-0.2, 0) is 4.79 Å². The maximum absolute atomic E-state index is 12.3. The van der Waals surface area contributed by atoms with Crippen LogP contribution < -0.4 is 5.73 Å². The molecule has 0 radical (unpaired) electrons. The first-order chi connectivity index (χ1) is 7.79. The maximum Gasteiger partial charge on any atom is 0.227 e. The molecule has 2 aliphatic heterocycles. The summed E-state index contributed by atoms with van der Waals surface area (Å²) in [7, 11) is 0. The van der Waals surface area contributed by atoms with Gasteiger partial charge in [0.15, 0.2) is 0 Å². The Balaban J connectivity index is 1.96. The van der Waals surface area contributed by atoms with Crippen molar-refractivity contribution >= 4 is 5.91 Å². The van der Waals surface area contributed by atoms with Crippen molar-refractivity contribution in [2.45, 2.75) is 39.3 Å². The molecule has 2 N–H and O–H groups in total. The van der Waals surface area contributed by atoms with E-state index in [2.05, 4.69) is 32.6 Å². The second kappa shape index (κ2) is 4.25. The monoisotopic (exact) mass is 239 g/mol. The minimum absolute atomic E-state index is 0.161. The predicted octanol–water partition coefficient (Wildman–Crippen LogP) is 0.522. The van der Waals surface area contributed by atoms with Crippen LogP contribution in [0.2, 0.25) is 0 Å². The Hall–Kier alpha value is -0.610. The van der Waals surface area contributed by atoms with E-state index >= 15 is 0 Å². The van der Waals surface area contributed by atoms with E-state index in [4.69, 9.17) is 5.73 Å². The highest BCUT2D eigenvalue weighted by Crippen LogP contribution is 2.30. The van der Waals surface area contributed by atoms with Crippen LogP contribution in [0.3, 0.4) is 0 Å². The fraction of sp³-hybridized carbons (Fsp3) is 0.923. The van der Waals surface area contributed by atoms with Gasteiger partial charge in [-0.1, -0.05) is 6.92 Å². The zero-order valence-corrected chi connectivity index (χ0v) is 11.4. The minimum Gasteiger partial charge on any atom is -0.339 e. The van der Waals surface area contributed by atoms with Gasteiger partial charge in [0.1, 0.15) is 0 Å². The van der Waals surface area contributed by atoms with E-state index in [0.717, 1.165) is 26.2 Å². The van der Waals surface area contributed by atoms with Crippen molar-refractivity contribution in [3.05, 3.63) is 0 Å². The van der Waals surface area contributed by atoms with E-state index in [1.165, 1.54) is 0 Å². The standard InChI is InChI=1S/C13H25N3O/c1-9-5-16(13(2,3)4)8-11(9)12(17)15-6-10(14)7-15/h9-11H,5-8,14H2,1-4H3/t9-,11+/m0/s1. The molecule has 98 valence electrons. The molecule has 2 saturated heterocycles. The largest absolute Gasteiger partial charge is 0.339 e. The number of hydrogen-bond donors (Lipinski definition) is 1. The van der Waals surface area contributed by atoms with Gasteiger partial charge in [0.2, 0.25) is 5.91 Å². The zero-order valence-electron chi connectivity index (χ0n) is 11.4. The number of rotatable bonds is 1. The van der Waals surface area contributed by atoms with Gasteiger partial charge < -0.3 is 10.6 Å². The van der Waals surface area contributed by atoms with Crippen molar-refractivity contribution < 1.29 is 4.79 Å². The second-order valence-corrected chi connectivity index (χ2v) is 6.66. The lowest BCUT2D eigenvalue weighted by Gasteiger charge is -2.39. The molecule has 1 amide bonds. The van der Waals surface area contributed by atoms with Crippen LogP contribution in [-0.4, -0.2) is 53.5 Å². The number of likely N-dealkylation sites (tertiary alicyclic amines) is 2. The molecule has 17 heavy (non-hydrogen) atoms. The van der Waals surface area contributed by atoms with Gasteiger partial charge in [0.25, 0.3) is 0 Å². The SMILES string of the molecule is C[C@H]1CN(C(C)(C)C)C[C@H]1C(=O)N1CC(N)C1. The van der Waals surface area contributed by atoms with Crippen LogP contribution in [0.1, 0.15) is 27.7 Å². The van der Waals surface area contributed by atoms with Gasteiger partial charge in [-0.3, -0.25) is 9.69 Å². The summed E-state index contributed by atoms with van der Waals surface area (Å²) in [5, 5.41) is 0. The molecule has 0 aromatic heterocycles. The molecular formula is C13H25N3O. The van der Waals surface area contributed by atoms with E-state index in [-0.39, 0.29) is 17.5 Å². The quantitative estimate of drug-likeness (QED) is 0.726. The zero-order chi connectivity index (χ0) is 12.8. The third-order valence-corrected chi connectivity index (χ3v) is 4.10. The van der Waals surface area contributed by atoms with Gasteiger partial charge in [-0.15, -0.1) is 0 Å². The number of nitrogens with zero attached hydrogens (tertiary/aromatic N) is 2. The Kier molecular flexibility index (Phi) is 3.21. The summed E-state index contributed by atoms with van der Waals surface area (Å²) < 4.78 is 0. The van der Waals surface area contributed by atoms with Gasteiger partial charge in [-0.2, -0.15) is 0 Å². The first-order valence-corrected chi connectivity index (χ1v) is 6.58. The van der Waals surface area contributed by atoms with Gasteiger partial charge in [-0.25, -0.2) is 0 Å². The summed E-state index contributed by atoms with van der Waals surface area (Å²) >= 11 is 0. The molecule has 2 rings (SSSR count). The normalized spacial score (nSPS) is 31.7. The van der Waals surface area contributed by atoms with Crippen molar-refractivity contribution in [1.82, 2.24) is 9.80 Å². The molecule has 0 aromatic rings. The van der Waals surface area contributed by atoms with E-state index in [9.17, 15) is 4.79 Å². The fourth-order valence-corrected chi connectivity index (χ4v) is 2.76. The Morgan fingerprint density at radius 1 is 1.18 bits per heavy atom. The molecule has 2 fully saturated rings. The lowest BCUT2D eigenvalue weighted by atomic mass is 9.94. The van der Waals surface area contributed by atoms with Crippen LogP contribution in [0.15, 0.2) is 0 Å². The van der Waals surface area contributed by atoms with Crippen molar-refractivity contribution in [2.75, 3.05) is 26.2 Å². The van der Waals surface area contributed by atoms with Crippen LogP contribution in [0.4, 0.5) is 0 Å². The van der Waals surface area contributed by atoms with Gasteiger partial charge >= 0.3 is 0 Å². The van der Waals surface area contributed by atoms with E-state index in [1.54, 1.807) is 0 Å². The number of carbonyl (C=O) groups is 1. The predicted molar refractivity (Wildman–Crippen MR) is 68.5 cm³/mol. The van der Waals surface area contributed by atoms with E-state index in [1.807, 2.05) is 4.90 Å². The van der Waals surface area contributed by atoms with Crippen LogP contribution in [0.25, 0.3) is 0 Å². The van der Waals surface area contributed by atoms with Crippen LogP contribution in [0, 0.1) is 11.8 Å². The second-order valence-electron chi connectivity index (χ2n) is 6.66. The summed E-state index contributed by atoms with van der Waals surface area (Å²) in [5.41, 5.74) is 5.89. The van der Waals surface area contributed by atoms with Crippen molar-refractivity contribution in [3.8, 4) is 0 Å². The maximum atomic E-state index is 12.3. The molecule has 0 aliphatic carbocycles. The molecule has 4 heteroatoms. The molecule has 0 saturated carbocycles. The molecule has 0 bridgehead atoms. The molecule has 2 aliphatic rings. The Labute approximate surface area is 104 Å². The smallest absolute Gasteiger partial charge is 0.227 e. The minimum atomic E-state index is 0.161.